The summed E-state index contributed by atoms with van der Waals surface area (Å²) in [4.78, 5) is 29.4. The smallest absolute Gasteiger partial charge is 0.309 e. The quantitative estimate of drug-likeness (QED) is 0.336. The van der Waals surface area contributed by atoms with Gasteiger partial charge in [-0.05, 0) is 81.7 Å². The number of aromatic amines is 1. The number of rotatable bonds is 7. The summed E-state index contributed by atoms with van der Waals surface area (Å²) >= 11 is 12.5. The minimum absolute atomic E-state index is 0.0686. The predicted octanol–water partition coefficient (Wildman–Crippen LogP) is 5.84. The molecule has 4 heterocycles. The molecule has 0 radical (unpaired) electrons. The number of benzene rings is 1. The lowest BCUT2D eigenvalue weighted by Gasteiger charge is -2.52. The molecule has 2 atom stereocenters. The lowest BCUT2D eigenvalue weighted by molar-refractivity contribution is -0.158. The monoisotopic (exact) mass is 556 g/mol. The predicted molar refractivity (Wildman–Crippen MR) is 151 cm³/mol. The maximum absolute atomic E-state index is 11.5. The molecule has 2 aliphatic heterocycles. The molecule has 2 saturated heterocycles. The van der Waals surface area contributed by atoms with Crippen LogP contribution in [0.1, 0.15) is 51.1 Å². The Hall–Kier alpha value is -2.55. The van der Waals surface area contributed by atoms with E-state index in [9.17, 15) is 9.90 Å². The summed E-state index contributed by atoms with van der Waals surface area (Å²) in [6.45, 7) is 8.00. The van der Waals surface area contributed by atoms with Crippen molar-refractivity contribution in [3.8, 4) is 0 Å². The second kappa shape index (κ2) is 9.88. The van der Waals surface area contributed by atoms with Crippen LogP contribution in [0.5, 0.6) is 0 Å². The number of hydrogen-bond donors (Lipinski definition) is 3. The number of H-pyrrole nitrogens is 1. The van der Waals surface area contributed by atoms with E-state index in [-0.39, 0.29) is 6.04 Å². The first kappa shape index (κ1) is 25.7. The third-order valence-corrected chi connectivity index (χ3v) is 9.49. The van der Waals surface area contributed by atoms with E-state index in [4.69, 9.17) is 33.2 Å². The molecule has 3 aliphatic rings. The molecule has 0 spiro atoms. The minimum Gasteiger partial charge on any atom is -0.481 e. The van der Waals surface area contributed by atoms with Crippen LogP contribution in [0.2, 0.25) is 10.0 Å². The summed E-state index contributed by atoms with van der Waals surface area (Å²) in [7, 11) is 0. The van der Waals surface area contributed by atoms with E-state index < -0.39 is 11.4 Å². The topological polar surface area (TPSA) is 97.4 Å². The first-order valence-corrected chi connectivity index (χ1v) is 14.2. The van der Waals surface area contributed by atoms with Crippen molar-refractivity contribution in [3.63, 3.8) is 0 Å². The van der Waals surface area contributed by atoms with Gasteiger partial charge in [-0.25, -0.2) is 4.98 Å². The third kappa shape index (κ3) is 4.71. The summed E-state index contributed by atoms with van der Waals surface area (Å²) in [6.07, 6.45) is 5.85. The van der Waals surface area contributed by atoms with Crippen LogP contribution < -0.4 is 10.2 Å². The van der Waals surface area contributed by atoms with Crippen LogP contribution in [0.15, 0.2) is 30.5 Å². The summed E-state index contributed by atoms with van der Waals surface area (Å²) in [5.74, 6) is 2.09. The Morgan fingerprint density at radius 3 is 2.71 bits per heavy atom. The molecule has 1 aromatic carbocycles. The van der Waals surface area contributed by atoms with Crippen molar-refractivity contribution in [2.45, 2.75) is 51.6 Å². The molecule has 38 heavy (non-hydrogen) atoms. The van der Waals surface area contributed by atoms with Crippen molar-refractivity contribution in [2.75, 3.05) is 36.4 Å². The number of nitrogens with zero attached hydrogens (tertiary/aromatic N) is 4. The van der Waals surface area contributed by atoms with Crippen molar-refractivity contribution >= 4 is 52.0 Å². The molecule has 10 heteroatoms. The highest BCUT2D eigenvalue weighted by molar-refractivity contribution is 6.35. The second-order valence-corrected chi connectivity index (χ2v) is 12.5. The molecule has 2 aromatic heterocycles. The molecule has 6 rings (SSSR count). The number of likely N-dealkylation sites (tertiary alicyclic amines) is 1. The minimum atomic E-state index is -0.657. The number of carboxylic acid groups (broad SMARTS) is 1. The summed E-state index contributed by atoms with van der Waals surface area (Å²) in [5, 5.41) is 14.2. The Balaban J connectivity index is 1.11. The Kier molecular flexibility index (Phi) is 6.69. The van der Waals surface area contributed by atoms with Gasteiger partial charge in [0, 0.05) is 41.9 Å². The SMILES string of the molecule is C[C@@H](Nc1nc(N2CC([C@H]3CCCN([C@H]4C[C@](C)(C(=O)O)C4)C3)C2)nc2cc[nH]c12)c1ccc(Cl)cc1Cl. The Labute approximate surface area is 232 Å². The highest BCUT2D eigenvalue weighted by Crippen LogP contribution is 2.45. The standard InChI is InChI=1S/C28H34Cl2N6O2/c1-16(21-6-5-19(29)10-22(21)30)32-25-24-23(7-8-31-24)33-27(34-25)36-14-18(15-36)17-4-3-9-35(13-17)20-11-28(2,12-20)26(37)38/h5-8,10,16-18,20,31H,3-4,9,11-15H2,1-2H3,(H,37,38)(H,32,33,34)/t16-,17+,20-,28-/m1/s1. The second-order valence-electron chi connectivity index (χ2n) is 11.6. The first-order chi connectivity index (χ1) is 18.2. The highest BCUT2D eigenvalue weighted by Gasteiger charge is 2.49. The average Bonchev–Trinajstić information content (AvgIpc) is 3.30. The van der Waals surface area contributed by atoms with Gasteiger partial charge >= 0.3 is 5.97 Å². The van der Waals surface area contributed by atoms with E-state index in [1.165, 1.54) is 12.8 Å². The van der Waals surface area contributed by atoms with Crippen LogP contribution in [-0.2, 0) is 4.79 Å². The fourth-order valence-electron chi connectivity index (χ4n) is 6.46. The van der Waals surface area contributed by atoms with Gasteiger partial charge in [0.15, 0.2) is 5.82 Å². The number of hydrogen-bond acceptors (Lipinski definition) is 6. The van der Waals surface area contributed by atoms with Crippen LogP contribution in [-0.4, -0.2) is 63.1 Å². The highest BCUT2D eigenvalue weighted by atomic mass is 35.5. The zero-order chi connectivity index (χ0) is 26.6. The first-order valence-electron chi connectivity index (χ1n) is 13.5. The van der Waals surface area contributed by atoms with Gasteiger partial charge in [0.2, 0.25) is 5.95 Å². The molecule has 0 amide bonds. The number of anilines is 2. The van der Waals surface area contributed by atoms with Crippen molar-refractivity contribution in [3.05, 3.63) is 46.1 Å². The molecule has 3 fully saturated rings. The molecule has 1 saturated carbocycles. The van der Waals surface area contributed by atoms with E-state index in [1.54, 1.807) is 6.07 Å². The number of carboxylic acids is 1. The molecule has 1 aliphatic carbocycles. The number of aromatic nitrogens is 3. The number of fused-ring (bicyclic) bond motifs is 1. The maximum Gasteiger partial charge on any atom is 0.309 e. The van der Waals surface area contributed by atoms with Crippen LogP contribution in [0.3, 0.4) is 0 Å². The van der Waals surface area contributed by atoms with Gasteiger partial charge in [0.05, 0.1) is 17.0 Å². The number of halogens is 2. The largest absolute Gasteiger partial charge is 0.481 e. The zero-order valence-corrected chi connectivity index (χ0v) is 23.3. The van der Waals surface area contributed by atoms with Crippen LogP contribution in [0, 0.1) is 17.3 Å². The van der Waals surface area contributed by atoms with Gasteiger partial charge < -0.3 is 25.2 Å². The number of aliphatic carboxylic acids is 1. The fraction of sp³-hybridized carbons (Fsp3) is 0.536. The zero-order valence-electron chi connectivity index (χ0n) is 21.8. The molecule has 3 N–H and O–H groups in total. The molecule has 8 nitrogen and oxygen atoms in total. The Morgan fingerprint density at radius 1 is 1.18 bits per heavy atom. The van der Waals surface area contributed by atoms with Gasteiger partial charge in [-0.15, -0.1) is 0 Å². The molecule has 0 unspecified atom stereocenters. The maximum atomic E-state index is 11.5. The summed E-state index contributed by atoms with van der Waals surface area (Å²) < 4.78 is 0. The molecule has 202 valence electrons. The number of piperidine rings is 1. The van der Waals surface area contributed by atoms with Crippen LogP contribution >= 0.6 is 23.2 Å². The van der Waals surface area contributed by atoms with Gasteiger partial charge in [0.1, 0.15) is 5.52 Å². The van der Waals surface area contributed by atoms with E-state index >= 15 is 0 Å². The van der Waals surface area contributed by atoms with Crippen molar-refractivity contribution < 1.29 is 9.90 Å². The summed E-state index contributed by atoms with van der Waals surface area (Å²) in [5.41, 5.74) is 2.17. The third-order valence-electron chi connectivity index (χ3n) is 8.93. The van der Waals surface area contributed by atoms with Crippen molar-refractivity contribution in [2.24, 2.45) is 17.3 Å². The van der Waals surface area contributed by atoms with Crippen LogP contribution in [0.4, 0.5) is 11.8 Å². The Morgan fingerprint density at radius 2 is 1.97 bits per heavy atom. The fourth-order valence-corrected chi connectivity index (χ4v) is 7.03. The lowest BCUT2D eigenvalue weighted by Crippen LogP contribution is -2.58. The van der Waals surface area contributed by atoms with Crippen LogP contribution in [0.25, 0.3) is 11.0 Å². The van der Waals surface area contributed by atoms with Gasteiger partial charge in [-0.2, -0.15) is 4.98 Å². The molecular weight excluding hydrogens is 523 g/mol. The average molecular weight is 558 g/mol. The normalized spacial score (nSPS) is 27.1. The lowest BCUT2D eigenvalue weighted by atomic mass is 9.65. The van der Waals surface area contributed by atoms with E-state index in [0.29, 0.717) is 27.9 Å². The van der Waals surface area contributed by atoms with Crippen molar-refractivity contribution in [1.29, 1.82) is 0 Å². The van der Waals surface area contributed by atoms with Crippen molar-refractivity contribution in [1.82, 2.24) is 19.9 Å². The number of carbonyl (C=O) groups is 1. The molecule has 0 bridgehead atoms. The van der Waals surface area contributed by atoms with Gasteiger partial charge in [-0.3, -0.25) is 4.79 Å². The summed E-state index contributed by atoms with van der Waals surface area (Å²) in [6, 6.07) is 7.87. The van der Waals surface area contributed by atoms with E-state index in [1.807, 2.05) is 31.3 Å². The molecule has 3 aromatic rings. The van der Waals surface area contributed by atoms with E-state index in [2.05, 4.69) is 27.0 Å². The molecular formula is C28H34Cl2N6O2. The van der Waals surface area contributed by atoms with Gasteiger partial charge in [0.25, 0.3) is 0 Å². The number of nitrogens with one attached hydrogen (secondary N) is 2. The van der Waals surface area contributed by atoms with Gasteiger partial charge in [-0.1, -0.05) is 29.3 Å². The van der Waals surface area contributed by atoms with E-state index in [0.717, 1.165) is 67.4 Å². The Bertz CT molecular complexity index is 1350.